The van der Waals surface area contributed by atoms with Gasteiger partial charge in [0.05, 0.1) is 10.6 Å². The van der Waals surface area contributed by atoms with E-state index in [-0.39, 0.29) is 22.2 Å². The van der Waals surface area contributed by atoms with E-state index in [1.807, 2.05) is 4.72 Å². The summed E-state index contributed by atoms with van der Waals surface area (Å²) in [6, 6.07) is 6.37. The number of sulfonamides is 1. The summed E-state index contributed by atoms with van der Waals surface area (Å²) in [5.41, 5.74) is 0.402. The molecule has 1 amide bonds. The fourth-order valence-corrected chi connectivity index (χ4v) is 3.07. The zero-order valence-electron chi connectivity index (χ0n) is 12.0. The molecule has 124 valence electrons. The molecule has 1 aliphatic rings. The van der Waals surface area contributed by atoms with Gasteiger partial charge in [-0.05, 0) is 36.4 Å². The minimum Gasteiger partial charge on any atom is -0.488 e. The maximum Gasteiger partial charge on any atom is 0.281 e. The van der Waals surface area contributed by atoms with Crippen LogP contribution in [0.3, 0.4) is 0 Å². The van der Waals surface area contributed by atoms with E-state index < -0.39 is 21.7 Å². The molecule has 3 rings (SSSR count). The minimum atomic E-state index is -4.15. The molecule has 0 fully saturated rings. The Balaban J connectivity index is 1.84. The lowest BCUT2D eigenvalue weighted by atomic mass is 10.1. The molecule has 0 spiro atoms. The Labute approximate surface area is 142 Å². The van der Waals surface area contributed by atoms with E-state index in [0.29, 0.717) is 11.3 Å². The van der Waals surface area contributed by atoms with Crippen LogP contribution < -0.4 is 9.46 Å². The van der Waals surface area contributed by atoms with Gasteiger partial charge in [-0.15, -0.1) is 0 Å². The summed E-state index contributed by atoms with van der Waals surface area (Å²) in [4.78, 5) is 15.8. The number of pyridine rings is 1. The predicted molar refractivity (Wildman–Crippen MR) is 84.4 cm³/mol. The van der Waals surface area contributed by atoms with E-state index in [1.54, 1.807) is 0 Å². The zero-order chi connectivity index (χ0) is 17.3. The van der Waals surface area contributed by atoms with Gasteiger partial charge in [0.25, 0.3) is 15.9 Å². The molecule has 1 N–H and O–H groups in total. The third-order valence-corrected chi connectivity index (χ3v) is 4.65. The third-order valence-electron chi connectivity index (χ3n) is 3.18. The predicted octanol–water partition coefficient (Wildman–Crippen LogP) is 2.16. The fraction of sp³-hybridized carbons (Fsp3) is 0.0667. The molecular formula is C15H10ClFN2O4S. The van der Waals surface area contributed by atoms with Gasteiger partial charge in [0.1, 0.15) is 18.2 Å². The Morgan fingerprint density at radius 2 is 2.08 bits per heavy atom. The summed E-state index contributed by atoms with van der Waals surface area (Å²) in [6.07, 6.45) is 2.53. The normalized spacial score (nSPS) is 13.5. The van der Waals surface area contributed by atoms with Gasteiger partial charge in [-0.3, -0.25) is 4.79 Å². The van der Waals surface area contributed by atoms with E-state index in [9.17, 15) is 17.6 Å². The monoisotopic (exact) mass is 368 g/mol. The van der Waals surface area contributed by atoms with Crippen LogP contribution in [0.2, 0.25) is 5.02 Å². The van der Waals surface area contributed by atoms with Gasteiger partial charge >= 0.3 is 0 Å². The quantitative estimate of drug-likeness (QED) is 0.897. The second kappa shape index (κ2) is 6.21. The topological polar surface area (TPSA) is 85.4 Å². The van der Waals surface area contributed by atoms with Gasteiger partial charge in [-0.2, -0.15) is 8.42 Å². The number of hydrogen-bond donors (Lipinski definition) is 1. The lowest BCUT2D eigenvalue weighted by Gasteiger charge is -2.17. The molecule has 1 aliphatic heterocycles. The van der Waals surface area contributed by atoms with E-state index >= 15 is 0 Å². The van der Waals surface area contributed by atoms with Crippen molar-refractivity contribution in [2.24, 2.45) is 0 Å². The largest absolute Gasteiger partial charge is 0.488 e. The number of carbonyl (C=O) groups is 1. The van der Waals surface area contributed by atoms with Crippen LogP contribution in [0, 0.1) is 5.82 Å². The lowest BCUT2D eigenvalue weighted by Crippen LogP contribution is -2.34. The zero-order valence-corrected chi connectivity index (χ0v) is 13.6. The number of carbonyl (C=O) groups excluding carboxylic acids is 1. The molecule has 0 atom stereocenters. The molecule has 9 heteroatoms. The van der Waals surface area contributed by atoms with Crippen molar-refractivity contribution in [3.05, 3.63) is 58.5 Å². The average Bonchev–Trinajstić information content (AvgIpc) is 2.54. The number of halogens is 2. The van der Waals surface area contributed by atoms with E-state index in [1.165, 1.54) is 36.4 Å². The average molecular weight is 369 g/mol. The van der Waals surface area contributed by atoms with Gasteiger partial charge < -0.3 is 4.74 Å². The smallest absolute Gasteiger partial charge is 0.281 e. The van der Waals surface area contributed by atoms with Crippen molar-refractivity contribution in [2.75, 3.05) is 6.61 Å². The minimum absolute atomic E-state index is 0.0469. The van der Waals surface area contributed by atoms with E-state index in [4.69, 9.17) is 16.3 Å². The van der Waals surface area contributed by atoms with Crippen LogP contribution in [0.4, 0.5) is 4.39 Å². The Bertz CT molecular complexity index is 942. The molecular weight excluding hydrogens is 359 g/mol. The molecule has 2 aromatic rings. The maximum atomic E-state index is 13.2. The summed E-state index contributed by atoms with van der Waals surface area (Å²) in [5, 5.41) is -0.0775. The summed E-state index contributed by atoms with van der Waals surface area (Å²) in [5.74, 6) is -0.954. The lowest BCUT2D eigenvalue weighted by molar-refractivity contribution is -0.116. The standard InChI is InChI=1S/C15H10ClFN2O4S/c16-11-1-4-14(18-7-11)24(21,22)19-15(20)10-5-9-6-12(17)2-3-13(9)23-8-10/h1-7H,8H2,(H,19,20). The van der Waals surface area contributed by atoms with Crippen molar-refractivity contribution < 1.29 is 22.3 Å². The summed E-state index contributed by atoms with van der Waals surface area (Å²) in [7, 11) is -4.15. The Hall–Kier alpha value is -2.45. The number of benzene rings is 1. The number of rotatable bonds is 3. The first-order valence-corrected chi connectivity index (χ1v) is 8.53. The van der Waals surface area contributed by atoms with E-state index in [0.717, 1.165) is 6.20 Å². The molecule has 0 aliphatic carbocycles. The first kappa shape index (κ1) is 16.4. The molecule has 0 saturated heterocycles. The highest BCUT2D eigenvalue weighted by molar-refractivity contribution is 7.90. The van der Waals surface area contributed by atoms with Gasteiger partial charge in [-0.25, -0.2) is 14.1 Å². The number of nitrogens with one attached hydrogen (secondary N) is 1. The van der Waals surface area contributed by atoms with Crippen molar-refractivity contribution in [1.29, 1.82) is 0 Å². The highest BCUT2D eigenvalue weighted by Gasteiger charge is 2.24. The number of aromatic nitrogens is 1. The molecule has 0 saturated carbocycles. The maximum absolute atomic E-state index is 13.2. The van der Waals surface area contributed by atoms with Gasteiger partial charge in [0.15, 0.2) is 5.03 Å². The van der Waals surface area contributed by atoms with Gasteiger partial charge in [0.2, 0.25) is 0 Å². The Morgan fingerprint density at radius 3 is 2.79 bits per heavy atom. The van der Waals surface area contributed by atoms with Crippen molar-refractivity contribution >= 4 is 33.6 Å². The van der Waals surface area contributed by atoms with Gasteiger partial charge in [0, 0.05) is 11.8 Å². The van der Waals surface area contributed by atoms with Crippen LogP contribution in [-0.2, 0) is 14.8 Å². The molecule has 1 aromatic heterocycles. The second-order valence-corrected chi connectivity index (χ2v) is 6.96. The number of fused-ring (bicyclic) bond motifs is 1. The van der Waals surface area contributed by atoms with Crippen LogP contribution in [0.5, 0.6) is 5.75 Å². The molecule has 2 heterocycles. The molecule has 24 heavy (non-hydrogen) atoms. The molecule has 0 bridgehead atoms. The third kappa shape index (κ3) is 3.39. The van der Waals surface area contributed by atoms with Crippen molar-refractivity contribution in [3.8, 4) is 5.75 Å². The highest BCUT2D eigenvalue weighted by Crippen LogP contribution is 2.27. The van der Waals surface area contributed by atoms with Crippen molar-refractivity contribution in [3.63, 3.8) is 0 Å². The number of ether oxygens (including phenoxy) is 1. The Kier molecular flexibility index (Phi) is 4.25. The number of amides is 1. The summed E-state index contributed by atoms with van der Waals surface area (Å²) >= 11 is 5.65. The number of hydrogen-bond acceptors (Lipinski definition) is 5. The Morgan fingerprint density at radius 1 is 1.29 bits per heavy atom. The molecule has 6 nitrogen and oxygen atoms in total. The number of nitrogens with zero attached hydrogens (tertiary/aromatic N) is 1. The SMILES string of the molecule is O=C(NS(=O)(=O)c1ccc(Cl)cn1)C1=Cc2cc(F)ccc2OC1. The van der Waals surface area contributed by atoms with Crippen molar-refractivity contribution in [1.82, 2.24) is 9.71 Å². The molecule has 1 aromatic carbocycles. The van der Waals surface area contributed by atoms with Crippen LogP contribution >= 0.6 is 11.6 Å². The highest BCUT2D eigenvalue weighted by atomic mass is 35.5. The van der Waals surface area contributed by atoms with E-state index in [2.05, 4.69) is 4.98 Å². The van der Waals surface area contributed by atoms with Crippen LogP contribution in [-0.4, -0.2) is 25.9 Å². The summed E-state index contributed by atoms with van der Waals surface area (Å²) in [6.45, 7) is -0.131. The second-order valence-electron chi connectivity index (χ2n) is 4.89. The summed E-state index contributed by atoms with van der Waals surface area (Å²) < 4.78 is 44.7. The first-order chi connectivity index (χ1) is 11.3. The van der Waals surface area contributed by atoms with Crippen LogP contribution in [0.25, 0.3) is 6.08 Å². The molecule has 0 radical (unpaired) electrons. The van der Waals surface area contributed by atoms with Gasteiger partial charge in [-0.1, -0.05) is 11.6 Å². The van der Waals surface area contributed by atoms with Crippen LogP contribution in [0.1, 0.15) is 5.56 Å². The molecule has 0 unspecified atom stereocenters. The van der Waals surface area contributed by atoms with Crippen molar-refractivity contribution in [2.45, 2.75) is 5.03 Å². The van der Waals surface area contributed by atoms with Crippen LogP contribution in [0.15, 0.2) is 47.1 Å². The fourth-order valence-electron chi connectivity index (χ4n) is 2.04. The first-order valence-electron chi connectivity index (χ1n) is 6.67.